The van der Waals surface area contributed by atoms with Gasteiger partial charge in [0.15, 0.2) is 0 Å². The number of hydrogen-bond donors (Lipinski definition) is 0. The Hall–Kier alpha value is -0.781. The van der Waals surface area contributed by atoms with Crippen molar-refractivity contribution in [3.63, 3.8) is 0 Å². The van der Waals surface area contributed by atoms with Crippen LogP contribution in [0.1, 0.15) is 0 Å². The van der Waals surface area contributed by atoms with Gasteiger partial charge in [0.1, 0.15) is 0 Å². The van der Waals surface area contributed by atoms with Gasteiger partial charge in [-0.1, -0.05) is 0 Å². The molecule has 0 nitrogen and oxygen atoms in total. The van der Waals surface area contributed by atoms with Gasteiger partial charge < -0.3 is 0 Å². The van der Waals surface area contributed by atoms with E-state index in [-0.39, 0.29) is 0 Å². The molecular weight excluding hydrogens is 199 g/mol. The average Bonchev–Trinajstić information content (AvgIpc) is 2.06. The van der Waals surface area contributed by atoms with Crippen molar-refractivity contribution in [1.82, 2.24) is 0 Å². The zero-order valence-corrected chi connectivity index (χ0v) is 7.79. The molecule has 0 bridgehead atoms. The monoisotopic (exact) mass is 207 g/mol. The van der Waals surface area contributed by atoms with Crippen LogP contribution in [0.2, 0.25) is 0 Å². The van der Waals surface area contributed by atoms with Gasteiger partial charge in [-0.05, 0) is 0 Å². The van der Waals surface area contributed by atoms with Crippen LogP contribution in [0.3, 0.4) is 0 Å². The molecule has 2 aromatic carbocycles. The van der Waals surface area contributed by atoms with Crippen LogP contribution in [0.15, 0.2) is 36.4 Å². The molecule has 0 unspecified atom stereocenters. The molecule has 0 aliphatic rings. The predicted molar refractivity (Wildman–Crippen MR) is 49.6 cm³/mol. The van der Waals surface area contributed by atoms with Gasteiger partial charge in [-0.3, -0.25) is 0 Å². The van der Waals surface area contributed by atoms with Gasteiger partial charge in [-0.15, -0.1) is 0 Å². The van der Waals surface area contributed by atoms with Crippen molar-refractivity contribution >= 4 is 31.2 Å². The fourth-order valence-corrected chi connectivity index (χ4v) is 1.70. The van der Waals surface area contributed by atoms with Gasteiger partial charge >= 0.3 is 73.7 Å². The molecule has 1 radical (unpaired) electrons. The third-order valence-electron chi connectivity index (χ3n) is 1.68. The van der Waals surface area contributed by atoms with Crippen LogP contribution in [0.4, 0.5) is 0 Å². The number of hydrogen-bond acceptors (Lipinski definition) is 0. The van der Waals surface area contributed by atoms with E-state index < -0.39 is 0 Å². The van der Waals surface area contributed by atoms with E-state index in [1.165, 1.54) is 15.2 Å². The Balaban J connectivity index is 2.91. The second-order valence-electron chi connectivity index (χ2n) is 2.41. The molecule has 0 fully saturated rings. The van der Waals surface area contributed by atoms with E-state index in [2.05, 4.69) is 40.3 Å². The van der Waals surface area contributed by atoms with Crippen molar-refractivity contribution in [2.75, 3.05) is 0 Å². The van der Waals surface area contributed by atoms with Gasteiger partial charge in [-0.25, -0.2) is 0 Å². The van der Waals surface area contributed by atoms with Crippen LogP contribution in [0.25, 0.3) is 10.8 Å². The van der Waals surface area contributed by atoms with Crippen LogP contribution >= 0.6 is 0 Å². The molecule has 11 heavy (non-hydrogen) atoms. The van der Waals surface area contributed by atoms with Crippen molar-refractivity contribution in [2.24, 2.45) is 0 Å². The molecule has 53 valence electrons. The predicted octanol–water partition coefficient (Wildman–Crippen LogP) is 1.17. The third kappa shape index (κ3) is 1.18. The molecule has 0 aliphatic heterocycles. The van der Waals surface area contributed by atoms with Gasteiger partial charge in [0.2, 0.25) is 0 Å². The Morgan fingerprint density at radius 1 is 1.09 bits per heavy atom. The molecule has 0 spiro atoms. The van der Waals surface area contributed by atoms with Crippen LogP contribution in [0, 0.1) is 6.07 Å². The van der Waals surface area contributed by atoms with Gasteiger partial charge in [0, 0.05) is 0 Å². The summed E-state index contributed by atoms with van der Waals surface area (Å²) in [5, 5.41) is 2.46. The Labute approximate surface area is 74.0 Å². The summed E-state index contributed by atoms with van der Waals surface area (Å²) in [6.07, 6.45) is 0. The summed E-state index contributed by atoms with van der Waals surface area (Å²) < 4.78 is 1.26. The van der Waals surface area contributed by atoms with E-state index in [1.54, 1.807) is 0 Å². The molecule has 2 rings (SSSR count). The van der Waals surface area contributed by atoms with Crippen molar-refractivity contribution in [3.8, 4) is 0 Å². The van der Waals surface area contributed by atoms with Crippen LogP contribution < -0.4 is 4.46 Å². The molecule has 0 aromatic heterocycles. The van der Waals surface area contributed by atoms with Crippen molar-refractivity contribution < 1.29 is 0 Å². The van der Waals surface area contributed by atoms with Gasteiger partial charge in [0.25, 0.3) is 0 Å². The Morgan fingerprint density at radius 2 is 1.91 bits per heavy atom. The molecule has 0 saturated heterocycles. The maximum absolute atomic E-state index is 3.18. The zero-order valence-electron chi connectivity index (χ0n) is 5.91. The van der Waals surface area contributed by atoms with Gasteiger partial charge in [0.05, 0.1) is 0 Å². The fourth-order valence-electron chi connectivity index (χ4n) is 1.13. The number of fused-ring (bicyclic) bond motifs is 1. The molecule has 0 aliphatic carbocycles. The molecule has 2 aromatic rings. The minimum absolute atomic E-state index is 1.19. The Morgan fingerprint density at radius 3 is 2.73 bits per heavy atom. The van der Waals surface area contributed by atoms with E-state index in [0.717, 1.165) is 0 Å². The SMILES string of the molecule is [SeH]c1cc[c]c2ccccc12. The van der Waals surface area contributed by atoms with Crippen molar-refractivity contribution in [2.45, 2.75) is 0 Å². The van der Waals surface area contributed by atoms with Gasteiger partial charge in [-0.2, -0.15) is 0 Å². The maximum atomic E-state index is 3.18. The molecule has 0 heterocycles. The summed E-state index contributed by atoms with van der Waals surface area (Å²) in [5.74, 6) is 0. The van der Waals surface area contributed by atoms with Crippen molar-refractivity contribution in [3.05, 3.63) is 42.5 Å². The first kappa shape index (κ1) is 6.90. The number of benzene rings is 2. The quantitative estimate of drug-likeness (QED) is 0.567. The fraction of sp³-hybridized carbons (Fsp3) is 0. The van der Waals surface area contributed by atoms with E-state index in [1.807, 2.05) is 18.2 Å². The second kappa shape index (κ2) is 2.69. The molecule has 0 atom stereocenters. The van der Waals surface area contributed by atoms with Crippen LogP contribution in [0.5, 0.6) is 0 Å². The summed E-state index contributed by atoms with van der Waals surface area (Å²) in [4.78, 5) is 0. The minimum atomic E-state index is 1.19. The first-order chi connectivity index (χ1) is 5.38. The Bertz CT molecular complexity index is 374. The van der Waals surface area contributed by atoms with E-state index in [0.29, 0.717) is 0 Å². The van der Waals surface area contributed by atoms with E-state index in [9.17, 15) is 0 Å². The van der Waals surface area contributed by atoms with Crippen LogP contribution in [-0.4, -0.2) is 16.0 Å². The summed E-state index contributed by atoms with van der Waals surface area (Å²) in [5.41, 5.74) is 0. The summed E-state index contributed by atoms with van der Waals surface area (Å²) in [6.45, 7) is 0. The molecule has 0 N–H and O–H groups in total. The first-order valence-electron chi connectivity index (χ1n) is 3.46. The average molecular weight is 206 g/mol. The normalized spacial score (nSPS) is 10.3. The molecule has 0 amide bonds. The summed E-state index contributed by atoms with van der Waals surface area (Å²) in [6, 6.07) is 15.5. The second-order valence-corrected chi connectivity index (χ2v) is 3.42. The molecule has 1 heteroatoms. The van der Waals surface area contributed by atoms with E-state index >= 15 is 0 Å². The zero-order chi connectivity index (χ0) is 7.68. The van der Waals surface area contributed by atoms with Crippen LogP contribution in [-0.2, 0) is 0 Å². The third-order valence-corrected chi connectivity index (χ3v) is 2.50. The molecular formula is C10H7Se. The first-order valence-corrected chi connectivity index (χ1v) is 4.40. The number of rotatable bonds is 0. The van der Waals surface area contributed by atoms with E-state index in [4.69, 9.17) is 0 Å². The van der Waals surface area contributed by atoms with Crippen molar-refractivity contribution in [1.29, 1.82) is 0 Å². The Kier molecular flexibility index (Phi) is 1.69. The summed E-state index contributed by atoms with van der Waals surface area (Å²) >= 11 is 2.57. The standard InChI is InChI=1S/C10H7Se/c11-10-7-3-5-8-4-1-2-6-9(8)10/h1-4,6-7,11H. The summed E-state index contributed by atoms with van der Waals surface area (Å²) in [7, 11) is 0. The molecule has 0 saturated carbocycles. The topological polar surface area (TPSA) is 0 Å².